The number of hydrogen-bond donors (Lipinski definition) is 1. The zero-order valence-corrected chi connectivity index (χ0v) is 12.2. The Bertz CT molecular complexity index is 503. The van der Waals surface area contributed by atoms with Gasteiger partial charge in [0.1, 0.15) is 5.82 Å². The van der Waals surface area contributed by atoms with E-state index in [9.17, 15) is 12.8 Å². The second-order valence-electron chi connectivity index (χ2n) is 4.95. The largest absolute Gasteiger partial charge is 0.380 e. The molecule has 0 aliphatic heterocycles. The summed E-state index contributed by atoms with van der Waals surface area (Å²) in [6, 6.07) is 4.31. The van der Waals surface area contributed by atoms with Crippen LogP contribution in [0.4, 0.5) is 10.1 Å². The molecule has 6 heteroatoms. The third kappa shape index (κ3) is 3.59. The van der Waals surface area contributed by atoms with Crippen LogP contribution in [-0.4, -0.2) is 25.5 Å². The second-order valence-corrected chi connectivity index (χ2v) is 8.22. The van der Waals surface area contributed by atoms with Crippen molar-refractivity contribution in [2.45, 2.75) is 25.5 Å². The van der Waals surface area contributed by atoms with Gasteiger partial charge in [0.25, 0.3) is 0 Å². The van der Waals surface area contributed by atoms with E-state index in [1.807, 2.05) is 0 Å². The molecule has 0 bridgehead atoms. The van der Waals surface area contributed by atoms with Crippen LogP contribution >= 0.6 is 11.6 Å². The highest BCUT2D eigenvalue weighted by Crippen LogP contribution is 2.24. The SMILES string of the molecule is CC(C)(C)S(=O)(=O)CCNc1c(F)cccc1Cl. The van der Waals surface area contributed by atoms with E-state index < -0.39 is 20.4 Å². The van der Waals surface area contributed by atoms with Gasteiger partial charge in [-0.25, -0.2) is 12.8 Å². The maximum atomic E-state index is 13.4. The molecule has 1 N–H and O–H groups in total. The van der Waals surface area contributed by atoms with E-state index >= 15 is 0 Å². The van der Waals surface area contributed by atoms with Crippen molar-refractivity contribution in [1.82, 2.24) is 0 Å². The van der Waals surface area contributed by atoms with E-state index in [4.69, 9.17) is 11.6 Å². The summed E-state index contributed by atoms with van der Waals surface area (Å²) < 4.78 is 36.3. The molecule has 0 aromatic heterocycles. The molecule has 0 amide bonds. The molecule has 0 atom stereocenters. The van der Waals surface area contributed by atoms with Gasteiger partial charge in [0.15, 0.2) is 9.84 Å². The summed E-state index contributed by atoms with van der Waals surface area (Å²) in [5.41, 5.74) is 0.142. The lowest BCUT2D eigenvalue weighted by molar-refractivity contribution is 0.560. The Morgan fingerprint density at radius 3 is 2.44 bits per heavy atom. The van der Waals surface area contributed by atoms with E-state index in [0.29, 0.717) is 0 Å². The van der Waals surface area contributed by atoms with E-state index in [1.54, 1.807) is 26.8 Å². The van der Waals surface area contributed by atoms with Gasteiger partial charge in [-0.2, -0.15) is 0 Å². The van der Waals surface area contributed by atoms with Crippen LogP contribution in [0.3, 0.4) is 0 Å². The highest BCUT2D eigenvalue weighted by Gasteiger charge is 2.28. The molecule has 0 heterocycles. The first-order valence-corrected chi connectivity index (χ1v) is 7.58. The minimum absolute atomic E-state index is 0.0683. The summed E-state index contributed by atoms with van der Waals surface area (Å²) in [4.78, 5) is 0. The molecular weight excluding hydrogens is 277 g/mol. The number of nitrogens with one attached hydrogen (secondary N) is 1. The Hall–Kier alpha value is -0.810. The van der Waals surface area contributed by atoms with Crippen LogP contribution in [0.2, 0.25) is 5.02 Å². The molecule has 0 spiro atoms. The van der Waals surface area contributed by atoms with Gasteiger partial charge in [-0.15, -0.1) is 0 Å². The topological polar surface area (TPSA) is 46.2 Å². The van der Waals surface area contributed by atoms with Crippen LogP contribution in [0.5, 0.6) is 0 Å². The van der Waals surface area contributed by atoms with Crippen molar-refractivity contribution in [3.05, 3.63) is 29.0 Å². The standard InChI is InChI=1S/C12H17ClFNO2S/c1-12(2,3)18(16,17)8-7-15-11-9(13)5-4-6-10(11)14/h4-6,15H,7-8H2,1-3H3. The van der Waals surface area contributed by atoms with Gasteiger partial charge in [-0.05, 0) is 32.9 Å². The molecule has 0 saturated heterocycles. The first-order chi connectivity index (χ1) is 8.15. The van der Waals surface area contributed by atoms with Gasteiger partial charge < -0.3 is 5.32 Å². The molecule has 0 unspecified atom stereocenters. The maximum Gasteiger partial charge on any atom is 0.156 e. The summed E-state index contributed by atoms with van der Waals surface area (Å²) in [5.74, 6) is -0.558. The Kier molecular flexibility index (Phi) is 4.61. The molecule has 18 heavy (non-hydrogen) atoms. The molecule has 1 aromatic carbocycles. The average Bonchev–Trinajstić information content (AvgIpc) is 2.20. The van der Waals surface area contributed by atoms with Gasteiger partial charge >= 0.3 is 0 Å². The van der Waals surface area contributed by atoms with Crippen molar-refractivity contribution in [2.75, 3.05) is 17.6 Å². The van der Waals surface area contributed by atoms with E-state index in [2.05, 4.69) is 5.32 Å². The van der Waals surface area contributed by atoms with Crippen LogP contribution in [0.15, 0.2) is 18.2 Å². The summed E-state index contributed by atoms with van der Waals surface area (Å²) in [6.45, 7) is 5.04. The fraction of sp³-hybridized carbons (Fsp3) is 0.500. The van der Waals surface area contributed by atoms with E-state index in [-0.39, 0.29) is 23.0 Å². The van der Waals surface area contributed by atoms with Crippen LogP contribution < -0.4 is 5.32 Å². The predicted octanol–water partition coefficient (Wildman–Crippen LogP) is 3.10. The van der Waals surface area contributed by atoms with Crippen molar-refractivity contribution in [1.29, 1.82) is 0 Å². The first kappa shape index (κ1) is 15.2. The smallest absolute Gasteiger partial charge is 0.156 e. The van der Waals surface area contributed by atoms with Crippen molar-refractivity contribution in [3.8, 4) is 0 Å². The summed E-state index contributed by atoms with van der Waals surface area (Å²) >= 11 is 5.82. The molecule has 0 aliphatic carbocycles. The number of para-hydroxylation sites is 1. The molecule has 3 nitrogen and oxygen atoms in total. The van der Waals surface area contributed by atoms with E-state index in [0.717, 1.165) is 0 Å². The quantitative estimate of drug-likeness (QED) is 0.928. The van der Waals surface area contributed by atoms with Gasteiger partial charge in [0.2, 0.25) is 0 Å². The molecule has 0 aliphatic rings. The number of halogens is 2. The molecule has 102 valence electrons. The van der Waals surface area contributed by atoms with Crippen LogP contribution in [0.1, 0.15) is 20.8 Å². The lowest BCUT2D eigenvalue weighted by Crippen LogP contribution is -2.33. The van der Waals surface area contributed by atoms with Crippen molar-refractivity contribution < 1.29 is 12.8 Å². The first-order valence-electron chi connectivity index (χ1n) is 5.55. The highest BCUT2D eigenvalue weighted by molar-refractivity contribution is 7.92. The van der Waals surface area contributed by atoms with Crippen molar-refractivity contribution in [3.63, 3.8) is 0 Å². The average molecular weight is 294 g/mol. The fourth-order valence-corrected chi connectivity index (χ4v) is 2.50. The minimum Gasteiger partial charge on any atom is -0.380 e. The molecule has 1 rings (SSSR count). The van der Waals surface area contributed by atoms with Gasteiger partial charge in [-0.1, -0.05) is 17.7 Å². The van der Waals surface area contributed by atoms with Gasteiger partial charge in [-0.3, -0.25) is 0 Å². The number of anilines is 1. The minimum atomic E-state index is -3.22. The zero-order chi connectivity index (χ0) is 14.0. The number of sulfone groups is 1. The Morgan fingerprint density at radius 2 is 1.94 bits per heavy atom. The monoisotopic (exact) mass is 293 g/mol. The third-order valence-corrected chi connectivity index (χ3v) is 5.49. The zero-order valence-electron chi connectivity index (χ0n) is 10.6. The summed E-state index contributed by atoms with van der Waals surface area (Å²) in [6.07, 6.45) is 0. The summed E-state index contributed by atoms with van der Waals surface area (Å²) in [5, 5.41) is 2.96. The normalized spacial score (nSPS) is 12.5. The third-order valence-electron chi connectivity index (χ3n) is 2.57. The van der Waals surface area contributed by atoms with Crippen molar-refractivity contribution in [2.24, 2.45) is 0 Å². The van der Waals surface area contributed by atoms with Gasteiger partial charge in [0, 0.05) is 6.54 Å². The second kappa shape index (κ2) is 5.45. The Morgan fingerprint density at radius 1 is 1.33 bits per heavy atom. The predicted molar refractivity (Wildman–Crippen MR) is 73.4 cm³/mol. The number of rotatable bonds is 4. The lowest BCUT2D eigenvalue weighted by atomic mass is 10.3. The lowest BCUT2D eigenvalue weighted by Gasteiger charge is -2.19. The molecule has 0 radical (unpaired) electrons. The maximum absolute atomic E-state index is 13.4. The molecule has 0 fully saturated rings. The van der Waals surface area contributed by atoms with E-state index in [1.165, 1.54) is 12.1 Å². The molecule has 1 aromatic rings. The fourth-order valence-electron chi connectivity index (χ4n) is 1.28. The highest BCUT2D eigenvalue weighted by atomic mass is 35.5. The van der Waals surface area contributed by atoms with Crippen LogP contribution in [0.25, 0.3) is 0 Å². The number of benzene rings is 1. The Labute approximate surface area is 112 Å². The Balaban J connectivity index is 2.69. The van der Waals surface area contributed by atoms with Gasteiger partial charge in [0.05, 0.1) is 21.2 Å². The number of hydrogen-bond acceptors (Lipinski definition) is 3. The van der Waals surface area contributed by atoms with Crippen LogP contribution in [-0.2, 0) is 9.84 Å². The molecular formula is C12H17ClFNO2S. The van der Waals surface area contributed by atoms with Crippen molar-refractivity contribution >= 4 is 27.1 Å². The molecule has 0 saturated carbocycles. The summed E-state index contributed by atoms with van der Waals surface area (Å²) in [7, 11) is -3.22. The van der Waals surface area contributed by atoms with Crippen LogP contribution in [0, 0.1) is 5.82 Å².